The number of piperazine rings is 1. The van der Waals surface area contributed by atoms with Gasteiger partial charge in [-0.25, -0.2) is 4.98 Å². The lowest BCUT2D eigenvalue weighted by atomic mass is 10.2. The number of benzene rings is 1. The van der Waals surface area contributed by atoms with E-state index >= 15 is 0 Å². The highest BCUT2D eigenvalue weighted by Gasteiger charge is 2.27. The molecule has 1 fully saturated rings. The monoisotopic (exact) mass is 422 g/mol. The molecule has 1 aromatic carbocycles. The summed E-state index contributed by atoms with van der Waals surface area (Å²) in [6, 6.07) is 9.15. The summed E-state index contributed by atoms with van der Waals surface area (Å²) in [7, 11) is 0. The highest BCUT2D eigenvalue weighted by molar-refractivity contribution is 5.81. The molecule has 0 bridgehead atoms. The van der Waals surface area contributed by atoms with Crippen molar-refractivity contribution in [3.05, 3.63) is 49.1 Å². The van der Waals surface area contributed by atoms with Crippen molar-refractivity contribution in [3.63, 3.8) is 0 Å². The quantitative estimate of drug-likeness (QED) is 0.611. The number of hydrogen-bond donors (Lipinski definition) is 0. The number of fused-ring (bicyclic) bond motifs is 1. The van der Waals surface area contributed by atoms with E-state index in [9.17, 15) is 4.79 Å². The fraction of sp³-hybridized carbons (Fsp3) is 0.333. The SMILES string of the molecule is CC(Oc1ccc2c(c1)OCO2)C(=O)N1CCN(c2ccc(-n3ccnc3)nn2)CC1. The van der Waals surface area contributed by atoms with Crippen LogP contribution in [0.15, 0.2) is 49.1 Å². The number of nitrogens with zero attached hydrogens (tertiary/aromatic N) is 6. The molecule has 1 atom stereocenters. The van der Waals surface area contributed by atoms with E-state index in [0.29, 0.717) is 49.2 Å². The number of amides is 1. The molecule has 10 nitrogen and oxygen atoms in total. The first-order valence-electron chi connectivity index (χ1n) is 10.1. The van der Waals surface area contributed by atoms with Crippen molar-refractivity contribution < 1.29 is 19.0 Å². The highest BCUT2D eigenvalue weighted by Crippen LogP contribution is 2.35. The fourth-order valence-electron chi connectivity index (χ4n) is 3.64. The number of carbonyl (C=O) groups excluding carboxylic acids is 1. The molecule has 0 aliphatic carbocycles. The molecule has 1 unspecified atom stereocenters. The molecule has 0 spiro atoms. The van der Waals surface area contributed by atoms with Crippen LogP contribution in [0.1, 0.15) is 6.92 Å². The molecule has 3 aromatic rings. The van der Waals surface area contributed by atoms with Gasteiger partial charge in [-0.05, 0) is 31.2 Å². The maximum absolute atomic E-state index is 12.8. The van der Waals surface area contributed by atoms with Gasteiger partial charge in [-0.1, -0.05) is 0 Å². The third-order valence-electron chi connectivity index (χ3n) is 5.33. The van der Waals surface area contributed by atoms with Crippen molar-refractivity contribution in [2.24, 2.45) is 0 Å². The molecule has 160 valence electrons. The van der Waals surface area contributed by atoms with Crippen LogP contribution >= 0.6 is 0 Å². The lowest BCUT2D eigenvalue weighted by molar-refractivity contribution is -0.138. The second-order valence-electron chi connectivity index (χ2n) is 7.31. The van der Waals surface area contributed by atoms with Crippen molar-refractivity contribution in [1.29, 1.82) is 0 Å². The lowest BCUT2D eigenvalue weighted by Gasteiger charge is -2.36. The van der Waals surface area contributed by atoms with Crippen LogP contribution in [-0.4, -0.2) is 69.6 Å². The van der Waals surface area contributed by atoms with E-state index in [2.05, 4.69) is 20.1 Å². The second kappa shape index (κ2) is 8.13. The molecule has 5 rings (SSSR count). The Balaban J connectivity index is 1.16. The van der Waals surface area contributed by atoms with E-state index in [1.165, 1.54) is 0 Å². The maximum atomic E-state index is 12.8. The van der Waals surface area contributed by atoms with Gasteiger partial charge in [0.1, 0.15) is 12.1 Å². The van der Waals surface area contributed by atoms with Crippen molar-refractivity contribution in [2.45, 2.75) is 13.0 Å². The average Bonchev–Trinajstić information content (AvgIpc) is 3.51. The van der Waals surface area contributed by atoms with E-state index < -0.39 is 6.10 Å². The minimum absolute atomic E-state index is 0.0427. The third kappa shape index (κ3) is 3.96. The van der Waals surface area contributed by atoms with Crippen LogP contribution in [0.3, 0.4) is 0 Å². The van der Waals surface area contributed by atoms with Crippen molar-refractivity contribution in [3.8, 4) is 23.1 Å². The van der Waals surface area contributed by atoms with Crippen molar-refractivity contribution in [2.75, 3.05) is 37.9 Å². The molecule has 0 saturated carbocycles. The maximum Gasteiger partial charge on any atom is 0.263 e. The Morgan fingerprint density at radius 3 is 2.55 bits per heavy atom. The summed E-state index contributed by atoms with van der Waals surface area (Å²) in [4.78, 5) is 20.8. The first kappa shape index (κ1) is 19.2. The van der Waals surface area contributed by atoms with Crippen molar-refractivity contribution >= 4 is 11.7 Å². The van der Waals surface area contributed by atoms with E-state index in [1.807, 2.05) is 23.2 Å². The van der Waals surface area contributed by atoms with Crippen LogP contribution in [0.2, 0.25) is 0 Å². The number of rotatable bonds is 5. The summed E-state index contributed by atoms with van der Waals surface area (Å²) in [5, 5.41) is 8.59. The third-order valence-corrected chi connectivity index (χ3v) is 5.33. The van der Waals surface area contributed by atoms with E-state index in [-0.39, 0.29) is 12.7 Å². The molecule has 31 heavy (non-hydrogen) atoms. The second-order valence-corrected chi connectivity index (χ2v) is 7.31. The zero-order chi connectivity index (χ0) is 21.2. The van der Waals surface area contributed by atoms with Gasteiger partial charge in [0, 0.05) is 44.6 Å². The first-order valence-corrected chi connectivity index (χ1v) is 10.1. The molecule has 4 heterocycles. The van der Waals surface area contributed by atoms with E-state index in [1.54, 1.807) is 42.2 Å². The summed E-state index contributed by atoms with van der Waals surface area (Å²) >= 11 is 0. The Hall–Kier alpha value is -3.82. The molecular weight excluding hydrogens is 400 g/mol. The van der Waals surface area contributed by atoms with Crippen LogP contribution in [0.4, 0.5) is 5.82 Å². The number of anilines is 1. The number of carbonyl (C=O) groups is 1. The minimum Gasteiger partial charge on any atom is -0.481 e. The molecule has 2 aliphatic heterocycles. The predicted octanol–water partition coefficient (Wildman–Crippen LogP) is 1.51. The topological polar surface area (TPSA) is 94.8 Å². The Morgan fingerprint density at radius 1 is 1.03 bits per heavy atom. The van der Waals surface area contributed by atoms with Gasteiger partial charge in [-0.15, -0.1) is 10.2 Å². The van der Waals surface area contributed by atoms with Crippen LogP contribution in [0.5, 0.6) is 17.2 Å². The number of ether oxygens (including phenoxy) is 3. The van der Waals surface area contributed by atoms with Gasteiger partial charge < -0.3 is 24.0 Å². The largest absolute Gasteiger partial charge is 0.481 e. The van der Waals surface area contributed by atoms with Crippen LogP contribution in [0, 0.1) is 0 Å². The van der Waals surface area contributed by atoms with Gasteiger partial charge in [-0.3, -0.25) is 9.36 Å². The van der Waals surface area contributed by atoms with Crippen molar-refractivity contribution in [1.82, 2.24) is 24.6 Å². The Morgan fingerprint density at radius 2 is 1.81 bits per heavy atom. The standard InChI is InChI=1S/C21H22N6O4/c1-15(31-16-2-3-17-18(12-16)30-14-29-17)21(28)26-10-8-25(9-11-26)19-4-5-20(24-23-19)27-7-6-22-13-27/h2-7,12-13,15H,8-11,14H2,1H3. The highest BCUT2D eigenvalue weighted by atomic mass is 16.7. The summed E-state index contributed by atoms with van der Waals surface area (Å²) in [5.74, 6) is 3.36. The normalized spacial score (nSPS) is 16.3. The Labute approximate surface area is 179 Å². The smallest absolute Gasteiger partial charge is 0.263 e. The first-order chi connectivity index (χ1) is 15.2. The summed E-state index contributed by atoms with van der Waals surface area (Å²) in [6.07, 6.45) is 4.60. The number of imidazole rings is 1. The predicted molar refractivity (Wildman–Crippen MR) is 111 cm³/mol. The molecule has 0 radical (unpaired) electrons. The Bertz CT molecular complexity index is 1050. The Kier molecular flexibility index (Phi) is 5.03. The van der Waals surface area contributed by atoms with Gasteiger partial charge in [0.25, 0.3) is 5.91 Å². The van der Waals surface area contributed by atoms with Gasteiger partial charge in [0.2, 0.25) is 6.79 Å². The summed E-state index contributed by atoms with van der Waals surface area (Å²) in [6.45, 7) is 4.52. The molecule has 2 aliphatic rings. The number of aromatic nitrogens is 4. The molecule has 10 heteroatoms. The van der Waals surface area contributed by atoms with Gasteiger partial charge in [0.15, 0.2) is 29.2 Å². The van der Waals surface area contributed by atoms with Gasteiger partial charge >= 0.3 is 0 Å². The lowest BCUT2D eigenvalue weighted by Crippen LogP contribution is -2.52. The average molecular weight is 422 g/mol. The van der Waals surface area contributed by atoms with Crippen LogP contribution in [-0.2, 0) is 4.79 Å². The number of hydrogen-bond acceptors (Lipinski definition) is 8. The minimum atomic E-state index is -0.596. The van der Waals surface area contributed by atoms with Crippen LogP contribution in [0.25, 0.3) is 5.82 Å². The van der Waals surface area contributed by atoms with Gasteiger partial charge in [0.05, 0.1) is 0 Å². The van der Waals surface area contributed by atoms with E-state index in [4.69, 9.17) is 14.2 Å². The molecule has 1 amide bonds. The molecular formula is C21H22N6O4. The summed E-state index contributed by atoms with van der Waals surface area (Å²) in [5.41, 5.74) is 0. The molecule has 1 saturated heterocycles. The van der Waals surface area contributed by atoms with E-state index in [0.717, 1.165) is 5.82 Å². The summed E-state index contributed by atoms with van der Waals surface area (Å²) < 4.78 is 18.3. The fourth-order valence-corrected chi connectivity index (χ4v) is 3.64. The zero-order valence-corrected chi connectivity index (χ0v) is 17.0. The van der Waals surface area contributed by atoms with Crippen LogP contribution < -0.4 is 19.1 Å². The zero-order valence-electron chi connectivity index (χ0n) is 17.0. The van der Waals surface area contributed by atoms with Gasteiger partial charge in [-0.2, -0.15) is 0 Å². The molecule has 0 N–H and O–H groups in total. The molecule has 2 aromatic heterocycles.